The molecule has 148 valence electrons. The molecule has 2 heterocycles. The highest BCUT2D eigenvalue weighted by Crippen LogP contribution is 2.52. The maximum atomic E-state index is 11.7. The molecule has 0 spiro atoms. The summed E-state index contributed by atoms with van der Waals surface area (Å²) in [5.41, 5.74) is 0.887. The summed E-state index contributed by atoms with van der Waals surface area (Å²) in [5, 5.41) is 36.1. The van der Waals surface area contributed by atoms with Gasteiger partial charge in [0.1, 0.15) is 0 Å². The van der Waals surface area contributed by atoms with E-state index in [2.05, 4.69) is 24.0 Å². The maximum absolute atomic E-state index is 11.7. The standard InChI is InChI=1S/C21H20N4O3S/c1-13-8-10-24(11-9-13)19-18(14-2-6-16(7-3-14)25(27)28)17(12-22)20(29)23-21(19,26)15-4-5-15/h2-3,6-11,15,18-19,23,26H,4-5H2,1H3/p+1/t18-,19-,21+/m0/s1. The second kappa shape index (κ2) is 7.17. The lowest BCUT2D eigenvalue weighted by molar-refractivity contribution is -0.742. The van der Waals surface area contributed by atoms with Crippen LogP contribution in [0.15, 0.2) is 59.4 Å². The number of non-ortho nitro benzene ring substituents is 1. The Morgan fingerprint density at radius 3 is 2.41 bits per heavy atom. The molecule has 2 N–H and O–H groups in total. The summed E-state index contributed by atoms with van der Waals surface area (Å²) in [6.07, 6.45) is 5.54. The maximum Gasteiger partial charge on any atom is 0.269 e. The number of nitrogens with one attached hydrogen (secondary N) is 1. The Labute approximate surface area is 173 Å². The van der Waals surface area contributed by atoms with E-state index in [1.54, 1.807) is 12.1 Å². The van der Waals surface area contributed by atoms with Crippen LogP contribution in [0.5, 0.6) is 0 Å². The number of hydrogen-bond donors (Lipinski definition) is 3. The number of aryl methyl sites for hydroxylation is 1. The van der Waals surface area contributed by atoms with Crippen LogP contribution in [0.1, 0.15) is 35.9 Å². The lowest BCUT2D eigenvalue weighted by Gasteiger charge is -2.42. The molecule has 3 atom stereocenters. The van der Waals surface area contributed by atoms with Crippen molar-refractivity contribution in [3.63, 3.8) is 0 Å². The van der Waals surface area contributed by atoms with Gasteiger partial charge in [0.25, 0.3) is 5.69 Å². The molecule has 1 fully saturated rings. The quantitative estimate of drug-likeness (QED) is 0.312. The molecule has 4 rings (SSSR count). The molecule has 7 nitrogen and oxygen atoms in total. The molecule has 8 heteroatoms. The van der Waals surface area contributed by atoms with Gasteiger partial charge in [-0.05, 0) is 30.9 Å². The first-order valence-corrected chi connectivity index (χ1v) is 9.85. The molecule has 2 aliphatic rings. The van der Waals surface area contributed by atoms with Crippen LogP contribution in [-0.4, -0.2) is 15.8 Å². The molecule has 1 saturated carbocycles. The summed E-state index contributed by atoms with van der Waals surface area (Å²) in [6.45, 7) is 1.98. The molecular weight excluding hydrogens is 388 g/mol. The minimum atomic E-state index is -1.29. The Balaban J connectivity index is 1.90. The molecule has 1 aromatic carbocycles. The molecule has 1 aliphatic carbocycles. The lowest BCUT2D eigenvalue weighted by atomic mass is 9.76. The molecule has 2 aromatic rings. The molecule has 1 aliphatic heterocycles. The van der Waals surface area contributed by atoms with E-state index in [0.717, 1.165) is 24.0 Å². The zero-order chi connectivity index (χ0) is 20.8. The van der Waals surface area contributed by atoms with Crippen LogP contribution < -0.4 is 9.88 Å². The Morgan fingerprint density at radius 1 is 1.28 bits per heavy atom. The first-order valence-electron chi connectivity index (χ1n) is 9.40. The Morgan fingerprint density at radius 2 is 1.90 bits per heavy atom. The van der Waals surface area contributed by atoms with Gasteiger partial charge in [-0.15, -0.1) is 12.6 Å². The zero-order valence-corrected chi connectivity index (χ0v) is 16.7. The van der Waals surface area contributed by atoms with Crippen molar-refractivity contribution in [1.29, 1.82) is 5.26 Å². The third-order valence-electron chi connectivity index (χ3n) is 5.77. The van der Waals surface area contributed by atoms with Crippen LogP contribution in [0.3, 0.4) is 0 Å². The second-order valence-corrected chi connectivity index (χ2v) is 8.14. The van der Waals surface area contributed by atoms with Gasteiger partial charge >= 0.3 is 0 Å². The molecule has 29 heavy (non-hydrogen) atoms. The van der Waals surface area contributed by atoms with E-state index in [0.29, 0.717) is 10.6 Å². The van der Waals surface area contributed by atoms with Gasteiger partial charge in [0.05, 0.1) is 27.5 Å². The summed E-state index contributed by atoms with van der Waals surface area (Å²) in [5.74, 6) is -0.475. The van der Waals surface area contributed by atoms with Crippen molar-refractivity contribution >= 4 is 18.3 Å². The van der Waals surface area contributed by atoms with Gasteiger partial charge in [-0.25, -0.2) is 0 Å². The number of aliphatic hydroxyl groups is 1. The summed E-state index contributed by atoms with van der Waals surface area (Å²) in [6, 6.07) is 11.8. The van der Waals surface area contributed by atoms with Gasteiger partial charge in [0.2, 0.25) is 11.8 Å². The Kier molecular flexibility index (Phi) is 4.81. The number of hydrogen-bond acceptors (Lipinski definition) is 6. The van der Waals surface area contributed by atoms with E-state index in [4.69, 9.17) is 0 Å². The van der Waals surface area contributed by atoms with Crippen LogP contribution in [0.2, 0.25) is 0 Å². The van der Waals surface area contributed by atoms with Crippen LogP contribution in [0, 0.1) is 34.3 Å². The zero-order valence-electron chi connectivity index (χ0n) is 15.8. The highest BCUT2D eigenvalue weighted by molar-refractivity contribution is 7.84. The van der Waals surface area contributed by atoms with Crippen molar-refractivity contribution in [3.05, 3.63) is 80.6 Å². The summed E-state index contributed by atoms with van der Waals surface area (Å²) < 4.78 is 1.92. The smallest absolute Gasteiger partial charge is 0.269 e. The fourth-order valence-corrected chi connectivity index (χ4v) is 4.50. The summed E-state index contributed by atoms with van der Waals surface area (Å²) in [7, 11) is 0. The number of nitrogens with zero attached hydrogens (tertiary/aromatic N) is 3. The summed E-state index contributed by atoms with van der Waals surface area (Å²) >= 11 is 4.47. The first kappa shape index (κ1) is 19.4. The highest BCUT2D eigenvalue weighted by atomic mass is 32.1. The van der Waals surface area contributed by atoms with E-state index in [9.17, 15) is 20.5 Å². The minimum absolute atomic E-state index is 0.0201. The number of allylic oxidation sites excluding steroid dienone is 1. The predicted octanol–water partition coefficient (Wildman–Crippen LogP) is 2.88. The normalized spacial score (nSPS) is 26.6. The Bertz CT molecular complexity index is 1030. The van der Waals surface area contributed by atoms with E-state index >= 15 is 0 Å². The second-order valence-electron chi connectivity index (χ2n) is 7.69. The number of aromatic nitrogens is 1. The molecule has 1 aromatic heterocycles. The number of nitro benzene ring substituents is 1. The van der Waals surface area contributed by atoms with Gasteiger partial charge in [-0.1, -0.05) is 12.1 Å². The van der Waals surface area contributed by atoms with E-state index in [1.807, 2.05) is 36.0 Å². The Hall–Kier alpha value is -2.89. The largest absolute Gasteiger partial charge is 0.365 e. The number of rotatable bonds is 4. The molecule has 0 saturated heterocycles. The van der Waals surface area contributed by atoms with Crippen LogP contribution in [0.4, 0.5) is 5.69 Å². The van der Waals surface area contributed by atoms with Crippen LogP contribution >= 0.6 is 12.6 Å². The molecule has 0 unspecified atom stereocenters. The average molecular weight is 409 g/mol. The molecule has 0 bridgehead atoms. The van der Waals surface area contributed by atoms with Crippen LogP contribution in [0.25, 0.3) is 0 Å². The summed E-state index contributed by atoms with van der Waals surface area (Å²) in [4.78, 5) is 10.6. The average Bonchev–Trinajstić information content (AvgIpc) is 3.54. The third-order valence-corrected chi connectivity index (χ3v) is 6.13. The van der Waals surface area contributed by atoms with E-state index in [-0.39, 0.29) is 11.6 Å². The number of nitro groups is 1. The van der Waals surface area contributed by atoms with Gasteiger partial charge in [0.15, 0.2) is 12.4 Å². The van der Waals surface area contributed by atoms with Gasteiger partial charge < -0.3 is 10.4 Å². The van der Waals surface area contributed by atoms with Crippen molar-refractivity contribution in [2.75, 3.05) is 0 Å². The van der Waals surface area contributed by atoms with Crippen molar-refractivity contribution < 1.29 is 14.6 Å². The monoisotopic (exact) mass is 409 g/mol. The van der Waals surface area contributed by atoms with Crippen molar-refractivity contribution in [2.45, 2.75) is 37.5 Å². The van der Waals surface area contributed by atoms with Crippen molar-refractivity contribution in [3.8, 4) is 6.07 Å². The van der Waals surface area contributed by atoms with Gasteiger partial charge in [-0.3, -0.25) is 10.1 Å². The SMILES string of the molecule is Cc1cc[n+]([C@H]2[C@@H](c3ccc([N+](=O)[O-])cc3)C(C#N)=C(S)N[C@@]2(O)C2CC2)cc1. The fourth-order valence-electron chi connectivity index (χ4n) is 4.13. The third kappa shape index (κ3) is 3.37. The topological polar surface area (TPSA) is 103 Å². The van der Waals surface area contributed by atoms with Gasteiger partial charge in [0, 0.05) is 30.2 Å². The molecule has 0 amide bonds. The van der Waals surface area contributed by atoms with Crippen molar-refractivity contribution in [2.24, 2.45) is 5.92 Å². The molecule has 0 radical (unpaired) electrons. The predicted molar refractivity (Wildman–Crippen MR) is 109 cm³/mol. The number of thiol groups is 1. The lowest BCUT2D eigenvalue weighted by Crippen LogP contribution is -2.65. The first-order chi connectivity index (χ1) is 13.8. The van der Waals surface area contributed by atoms with Crippen molar-refractivity contribution in [1.82, 2.24) is 5.32 Å². The number of pyridine rings is 1. The van der Waals surface area contributed by atoms with E-state index < -0.39 is 22.6 Å². The van der Waals surface area contributed by atoms with E-state index in [1.165, 1.54) is 12.1 Å². The van der Waals surface area contributed by atoms with Crippen LogP contribution in [-0.2, 0) is 0 Å². The number of benzene rings is 1. The molecular formula is C21H21N4O3S+. The minimum Gasteiger partial charge on any atom is -0.365 e. The number of nitriles is 1. The fraction of sp³-hybridized carbons (Fsp3) is 0.333. The highest BCUT2D eigenvalue weighted by Gasteiger charge is 2.60. The van der Waals surface area contributed by atoms with Gasteiger partial charge in [-0.2, -0.15) is 9.83 Å².